The smallest absolute Gasteiger partial charge is 0.123 e. The molecule has 2 saturated heterocycles. The Kier molecular flexibility index (Phi) is 4.49. The van der Waals surface area contributed by atoms with Crippen molar-refractivity contribution in [1.82, 2.24) is 4.90 Å². The van der Waals surface area contributed by atoms with Gasteiger partial charge in [-0.3, -0.25) is 0 Å². The topological polar surface area (TPSA) is 32.7 Å². The summed E-state index contributed by atoms with van der Waals surface area (Å²) in [6, 6.07) is 7.36. The van der Waals surface area contributed by atoms with Gasteiger partial charge in [0.15, 0.2) is 0 Å². The highest BCUT2D eigenvalue weighted by Crippen LogP contribution is 2.43. The van der Waals surface area contributed by atoms with Crippen LogP contribution >= 0.6 is 11.8 Å². The molecule has 26 heavy (non-hydrogen) atoms. The van der Waals surface area contributed by atoms with Crippen LogP contribution < -0.4 is 4.74 Å². The van der Waals surface area contributed by atoms with Gasteiger partial charge in [0.05, 0.1) is 5.60 Å². The van der Waals surface area contributed by atoms with Crippen LogP contribution in [0.2, 0.25) is 0 Å². The molecule has 1 N–H and O–H groups in total. The summed E-state index contributed by atoms with van der Waals surface area (Å²) in [4.78, 5) is 2.70. The number of benzene rings is 1. The number of hydrogen-bond donors (Lipinski definition) is 1. The van der Waals surface area contributed by atoms with Crippen LogP contribution in [0.4, 0.5) is 0 Å². The SMILES string of the molecule is OC1(c2ccc3c(c2)CCC2(CCN(C4CCC4)CC2)O3)CCSCC1. The van der Waals surface area contributed by atoms with Crippen LogP contribution in [0.5, 0.6) is 5.75 Å². The lowest BCUT2D eigenvalue weighted by molar-refractivity contribution is -0.0339. The van der Waals surface area contributed by atoms with Gasteiger partial charge in [-0.15, -0.1) is 0 Å². The highest BCUT2D eigenvalue weighted by Gasteiger charge is 2.42. The van der Waals surface area contributed by atoms with E-state index >= 15 is 0 Å². The van der Waals surface area contributed by atoms with E-state index in [1.165, 1.54) is 50.8 Å². The lowest BCUT2D eigenvalue weighted by Crippen LogP contribution is -2.53. The average Bonchev–Trinajstić information content (AvgIpc) is 2.62. The predicted octanol–water partition coefficient (Wildman–Crippen LogP) is 4.11. The number of ether oxygens (including phenoxy) is 1. The van der Waals surface area contributed by atoms with E-state index in [2.05, 4.69) is 23.1 Å². The Bertz CT molecular complexity index is 658. The van der Waals surface area contributed by atoms with E-state index in [9.17, 15) is 5.11 Å². The van der Waals surface area contributed by atoms with E-state index in [1.54, 1.807) is 0 Å². The fourth-order valence-electron chi connectivity index (χ4n) is 5.21. The monoisotopic (exact) mass is 373 g/mol. The average molecular weight is 374 g/mol. The number of rotatable bonds is 2. The van der Waals surface area contributed by atoms with Crippen molar-refractivity contribution >= 4 is 11.8 Å². The molecule has 142 valence electrons. The van der Waals surface area contributed by atoms with Gasteiger partial charge < -0.3 is 14.7 Å². The first-order valence-electron chi connectivity index (χ1n) is 10.5. The van der Waals surface area contributed by atoms with Gasteiger partial charge in [0, 0.05) is 19.1 Å². The summed E-state index contributed by atoms with van der Waals surface area (Å²) in [5, 5.41) is 11.0. The van der Waals surface area contributed by atoms with E-state index in [4.69, 9.17) is 4.74 Å². The molecule has 5 rings (SSSR count). The third-order valence-electron chi connectivity index (χ3n) is 7.39. The second-order valence-electron chi connectivity index (χ2n) is 8.87. The molecule has 3 nitrogen and oxygen atoms in total. The third kappa shape index (κ3) is 3.08. The molecule has 3 aliphatic heterocycles. The van der Waals surface area contributed by atoms with Gasteiger partial charge in [0.1, 0.15) is 11.4 Å². The van der Waals surface area contributed by atoms with Crippen molar-refractivity contribution in [1.29, 1.82) is 0 Å². The quantitative estimate of drug-likeness (QED) is 0.845. The highest BCUT2D eigenvalue weighted by atomic mass is 32.2. The molecule has 0 amide bonds. The zero-order chi connectivity index (χ0) is 17.6. The Hall–Kier alpha value is -0.710. The number of piperidine rings is 1. The van der Waals surface area contributed by atoms with E-state index in [0.717, 1.165) is 54.5 Å². The fourth-order valence-corrected chi connectivity index (χ4v) is 6.38. The van der Waals surface area contributed by atoms with Crippen LogP contribution in [0.25, 0.3) is 0 Å². The van der Waals surface area contributed by atoms with Crippen molar-refractivity contribution in [3.8, 4) is 5.75 Å². The largest absolute Gasteiger partial charge is 0.487 e. The summed E-state index contributed by atoms with van der Waals surface area (Å²) >= 11 is 1.95. The molecule has 0 atom stereocenters. The van der Waals surface area contributed by atoms with Gasteiger partial charge >= 0.3 is 0 Å². The van der Waals surface area contributed by atoms with Crippen LogP contribution in [0.1, 0.15) is 62.5 Å². The molecule has 3 fully saturated rings. The molecule has 1 spiro atoms. The minimum atomic E-state index is -0.622. The minimum absolute atomic E-state index is 0.0626. The Labute approximate surface area is 161 Å². The van der Waals surface area contributed by atoms with Crippen molar-refractivity contribution in [3.05, 3.63) is 29.3 Å². The summed E-state index contributed by atoms with van der Waals surface area (Å²) in [5.74, 6) is 3.20. The number of aryl methyl sites for hydroxylation is 1. The molecule has 4 heteroatoms. The second-order valence-corrected chi connectivity index (χ2v) is 10.1. The van der Waals surface area contributed by atoms with Crippen LogP contribution in [0, 0.1) is 0 Å². The molecular weight excluding hydrogens is 342 g/mol. The number of likely N-dealkylation sites (tertiary alicyclic amines) is 1. The van der Waals surface area contributed by atoms with Gasteiger partial charge in [-0.25, -0.2) is 0 Å². The van der Waals surface area contributed by atoms with E-state index in [0.29, 0.717) is 0 Å². The van der Waals surface area contributed by atoms with Crippen LogP contribution in [-0.4, -0.2) is 46.2 Å². The van der Waals surface area contributed by atoms with E-state index < -0.39 is 5.60 Å². The third-order valence-corrected chi connectivity index (χ3v) is 8.38. The fraction of sp³-hybridized carbons (Fsp3) is 0.727. The Morgan fingerprint density at radius 3 is 2.50 bits per heavy atom. The van der Waals surface area contributed by atoms with Gasteiger partial charge in [-0.1, -0.05) is 12.5 Å². The Morgan fingerprint density at radius 1 is 1.04 bits per heavy atom. The van der Waals surface area contributed by atoms with E-state index in [1.807, 2.05) is 11.8 Å². The standard InChI is InChI=1S/C22H31NO2S/c24-22(10-14-26-15-11-22)18-4-5-20-17(16-18)6-7-21(25-20)8-12-23(13-9-21)19-2-1-3-19/h4-5,16,19,24H,1-3,6-15H2. The first kappa shape index (κ1) is 17.4. The van der Waals surface area contributed by atoms with Gasteiger partial charge in [-0.2, -0.15) is 11.8 Å². The van der Waals surface area contributed by atoms with Crippen molar-refractivity contribution < 1.29 is 9.84 Å². The van der Waals surface area contributed by atoms with Crippen LogP contribution in [0.3, 0.4) is 0 Å². The molecule has 1 saturated carbocycles. The van der Waals surface area contributed by atoms with Crippen molar-refractivity contribution in [2.24, 2.45) is 0 Å². The second kappa shape index (κ2) is 6.72. The lowest BCUT2D eigenvalue weighted by atomic mass is 9.80. The molecule has 4 aliphatic rings. The maximum atomic E-state index is 11.0. The van der Waals surface area contributed by atoms with Crippen LogP contribution in [-0.2, 0) is 12.0 Å². The first-order chi connectivity index (χ1) is 12.7. The maximum absolute atomic E-state index is 11.0. The molecule has 1 aromatic carbocycles. The molecule has 0 aromatic heterocycles. The maximum Gasteiger partial charge on any atom is 0.123 e. The van der Waals surface area contributed by atoms with Crippen LogP contribution in [0.15, 0.2) is 18.2 Å². The molecule has 0 bridgehead atoms. The van der Waals surface area contributed by atoms with E-state index in [-0.39, 0.29) is 5.60 Å². The van der Waals surface area contributed by atoms with Gasteiger partial charge in [-0.05, 0) is 86.1 Å². The Morgan fingerprint density at radius 2 is 1.81 bits per heavy atom. The number of hydrogen-bond acceptors (Lipinski definition) is 4. The number of aliphatic hydroxyl groups is 1. The number of fused-ring (bicyclic) bond motifs is 1. The van der Waals surface area contributed by atoms with Gasteiger partial charge in [0.2, 0.25) is 0 Å². The van der Waals surface area contributed by atoms with Crippen molar-refractivity contribution in [2.75, 3.05) is 24.6 Å². The van der Waals surface area contributed by atoms with Gasteiger partial charge in [0.25, 0.3) is 0 Å². The molecule has 1 aliphatic carbocycles. The highest BCUT2D eigenvalue weighted by molar-refractivity contribution is 7.99. The minimum Gasteiger partial charge on any atom is -0.487 e. The summed E-state index contributed by atoms with van der Waals surface area (Å²) < 4.78 is 6.60. The summed E-state index contributed by atoms with van der Waals surface area (Å²) in [6.07, 6.45) is 10.5. The molecular formula is C22H31NO2S. The normalized spacial score (nSPS) is 28.2. The first-order valence-corrected chi connectivity index (χ1v) is 11.7. The number of nitrogens with zero attached hydrogens (tertiary/aromatic N) is 1. The predicted molar refractivity (Wildman–Crippen MR) is 107 cm³/mol. The lowest BCUT2D eigenvalue weighted by Gasteiger charge is -2.48. The summed E-state index contributed by atoms with van der Waals surface area (Å²) in [7, 11) is 0. The Balaban J connectivity index is 1.29. The zero-order valence-corrected chi connectivity index (χ0v) is 16.5. The number of thioether (sulfide) groups is 1. The van der Waals surface area contributed by atoms with Crippen molar-refractivity contribution in [2.45, 2.75) is 75.0 Å². The molecule has 0 unspecified atom stereocenters. The molecule has 3 heterocycles. The summed E-state index contributed by atoms with van der Waals surface area (Å²) in [6.45, 7) is 2.41. The zero-order valence-electron chi connectivity index (χ0n) is 15.7. The molecule has 1 aromatic rings. The summed E-state index contributed by atoms with van der Waals surface area (Å²) in [5.41, 5.74) is 1.86. The van der Waals surface area contributed by atoms with Crippen molar-refractivity contribution in [3.63, 3.8) is 0 Å². The molecule has 0 radical (unpaired) electrons.